The number of para-hydroxylation sites is 1. The van der Waals surface area contributed by atoms with Gasteiger partial charge in [0.15, 0.2) is 0 Å². The monoisotopic (exact) mass is 441 g/mol. The molecular formula is C24H31N3O5. The maximum absolute atomic E-state index is 12.7. The average Bonchev–Trinajstić information content (AvgIpc) is 2.79. The summed E-state index contributed by atoms with van der Waals surface area (Å²) in [6.45, 7) is 8.67. The molecule has 8 nitrogen and oxygen atoms in total. The van der Waals surface area contributed by atoms with E-state index in [1.54, 1.807) is 13.8 Å². The number of nitrogens with two attached hydrogens (primary N) is 1. The number of esters is 1. The number of nitrogens with zero attached hydrogens (tertiary/aromatic N) is 2. The zero-order valence-electron chi connectivity index (χ0n) is 18.8. The Bertz CT molecular complexity index is 912. The van der Waals surface area contributed by atoms with Crippen LogP contribution in [0.4, 0.5) is 0 Å². The lowest BCUT2D eigenvalue weighted by molar-refractivity contribution is -0.139. The van der Waals surface area contributed by atoms with Gasteiger partial charge < -0.3 is 24.7 Å². The first kappa shape index (κ1) is 23.6. The fourth-order valence-electron chi connectivity index (χ4n) is 3.96. The number of hydrogen-bond acceptors (Lipinski definition) is 8. The summed E-state index contributed by atoms with van der Waals surface area (Å²) in [6, 6.07) is 9.51. The van der Waals surface area contributed by atoms with Gasteiger partial charge in [-0.2, -0.15) is 5.26 Å². The molecule has 0 amide bonds. The molecule has 0 aromatic heterocycles. The van der Waals surface area contributed by atoms with Crippen molar-refractivity contribution in [2.45, 2.75) is 32.6 Å². The fourth-order valence-corrected chi connectivity index (χ4v) is 3.96. The first-order valence-corrected chi connectivity index (χ1v) is 11.0. The molecule has 0 saturated carbocycles. The maximum atomic E-state index is 12.7. The third-order valence-corrected chi connectivity index (χ3v) is 5.56. The van der Waals surface area contributed by atoms with E-state index in [2.05, 4.69) is 11.0 Å². The molecule has 1 aromatic carbocycles. The summed E-state index contributed by atoms with van der Waals surface area (Å²) < 4.78 is 22.2. The number of carbonyl (C=O) groups excluding carboxylic acids is 1. The van der Waals surface area contributed by atoms with Crippen LogP contribution in [0.5, 0.6) is 5.75 Å². The summed E-state index contributed by atoms with van der Waals surface area (Å²) >= 11 is 0. The third-order valence-electron chi connectivity index (χ3n) is 5.56. The molecule has 32 heavy (non-hydrogen) atoms. The quantitative estimate of drug-likeness (QED) is 0.460. The number of morpholine rings is 1. The summed E-state index contributed by atoms with van der Waals surface area (Å²) in [4.78, 5) is 15.1. The van der Waals surface area contributed by atoms with E-state index in [-0.39, 0.29) is 23.6 Å². The molecule has 1 aromatic rings. The Hall–Kier alpha value is -3.02. The van der Waals surface area contributed by atoms with Gasteiger partial charge in [0.2, 0.25) is 5.88 Å². The van der Waals surface area contributed by atoms with Crippen molar-refractivity contribution in [3.8, 4) is 11.8 Å². The van der Waals surface area contributed by atoms with Gasteiger partial charge in [-0.05, 0) is 39.3 Å². The van der Waals surface area contributed by atoms with E-state index in [0.717, 1.165) is 45.7 Å². The highest BCUT2D eigenvalue weighted by Crippen LogP contribution is 2.42. The second-order valence-electron chi connectivity index (χ2n) is 7.66. The summed E-state index contributed by atoms with van der Waals surface area (Å²) in [5.74, 6) is -0.317. The zero-order valence-corrected chi connectivity index (χ0v) is 18.8. The van der Waals surface area contributed by atoms with Crippen molar-refractivity contribution in [2.75, 3.05) is 46.1 Å². The van der Waals surface area contributed by atoms with Crippen LogP contribution in [0.3, 0.4) is 0 Å². The van der Waals surface area contributed by atoms with Crippen LogP contribution in [-0.4, -0.2) is 56.9 Å². The van der Waals surface area contributed by atoms with E-state index in [9.17, 15) is 10.1 Å². The van der Waals surface area contributed by atoms with Crippen LogP contribution >= 0.6 is 0 Å². The molecule has 1 atom stereocenters. The Kier molecular flexibility index (Phi) is 8.54. The Morgan fingerprint density at radius 2 is 2.03 bits per heavy atom. The molecule has 172 valence electrons. The molecule has 0 radical (unpaired) electrons. The minimum atomic E-state index is -0.711. The van der Waals surface area contributed by atoms with E-state index in [1.807, 2.05) is 24.3 Å². The average molecular weight is 442 g/mol. The van der Waals surface area contributed by atoms with Crippen molar-refractivity contribution in [3.05, 3.63) is 52.6 Å². The minimum Gasteiger partial charge on any atom is -0.493 e. The van der Waals surface area contributed by atoms with Crippen LogP contribution in [0.2, 0.25) is 0 Å². The Morgan fingerprint density at radius 3 is 2.75 bits per heavy atom. The number of unbranched alkanes of at least 4 members (excludes halogenated alkanes) is 1. The van der Waals surface area contributed by atoms with E-state index >= 15 is 0 Å². The van der Waals surface area contributed by atoms with Crippen molar-refractivity contribution >= 4 is 5.97 Å². The fraction of sp³-hybridized carbons (Fsp3) is 0.500. The molecule has 1 fully saturated rings. The molecule has 1 saturated heterocycles. The Balaban J connectivity index is 1.75. The lowest BCUT2D eigenvalue weighted by Crippen LogP contribution is -2.36. The Morgan fingerprint density at radius 1 is 1.28 bits per heavy atom. The highest BCUT2D eigenvalue weighted by atomic mass is 16.5. The SMILES string of the molecule is CCOC(=O)C1=C(C)OC(N)=C(C#N)C1c1ccccc1OCCCCN1CCOCC1. The molecule has 0 bridgehead atoms. The lowest BCUT2D eigenvalue weighted by atomic mass is 9.82. The van der Waals surface area contributed by atoms with Gasteiger partial charge in [-0.1, -0.05) is 18.2 Å². The van der Waals surface area contributed by atoms with Gasteiger partial charge in [0, 0.05) is 18.7 Å². The molecule has 1 unspecified atom stereocenters. The van der Waals surface area contributed by atoms with Crippen LogP contribution in [0.15, 0.2) is 47.1 Å². The van der Waals surface area contributed by atoms with Gasteiger partial charge in [-0.25, -0.2) is 4.79 Å². The Labute approximate surface area is 189 Å². The second kappa shape index (κ2) is 11.6. The highest BCUT2D eigenvalue weighted by molar-refractivity contribution is 5.92. The molecular weight excluding hydrogens is 410 g/mol. The summed E-state index contributed by atoms with van der Waals surface area (Å²) in [5.41, 5.74) is 7.12. The van der Waals surface area contributed by atoms with Gasteiger partial charge >= 0.3 is 5.97 Å². The van der Waals surface area contributed by atoms with Gasteiger partial charge in [-0.15, -0.1) is 0 Å². The molecule has 2 N–H and O–H groups in total. The molecule has 8 heteroatoms. The van der Waals surface area contributed by atoms with Crippen molar-refractivity contribution in [2.24, 2.45) is 5.73 Å². The molecule has 2 heterocycles. The first-order valence-electron chi connectivity index (χ1n) is 11.0. The topological polar surface area (TPSA) is 107 Å². The lowest BCUT2D eigenvalue weighted by Gasteiger charge is -2.28. The minimum absolute atomic E-state index is 0.0108. The highest BCUT2D eigenvalue weighted by Gasteiger charge is 2.37. The largest absolute Gasteiger partial charge is 0.493 e. The number of nitriles is 1. The number of allylic oxidation sites excluding steroid dienone is 2. The zero-order chi connectivity index (χ0) is 22.9. The summed E-state index contributed by atoms with van der Waals surface area (Å²) in [6.07, 6.45) is 1.91. The van der Waals surface area contributed by atoms with Crippen LogP contribution in [0.1, 0.15) is 38.2 Å². The predicted molar refractivity (Wildman–Crippen MR) is 118 cm³/mol. The molecule has 2 aliphatic rings. The normalized spacial score (nSPS) is 19.3. The summed E-state index contributed by atoms with van der Waals surface area (Å²) in [5, 5.41) is 9.77. The van der Waals surface area contributed by atoms with Crippen LogP contribution in [0, 0.1) is 11.3 Å². The van der Waals surface area contributed by atoms with E-state index in [0.29, 0.717) is 23.7 Å². The van der Waals surface area contributed by atoms with E-state index in [1.165, 1.54) is 0 Å². The predicted octanol–water partition coefficient (Wildman–Crippen LogP) is 2.82. The van der Waals surface area contributed by atoms with Crippen molar-refractivity contribution in [3.63, 3.8) is 0 Å². The van der Waals surface area contributed by atoms with Crippen molar-refractivity contribution in [1.29, 1.82) is 5.26 Å². The number of hydrogen-bond donors (Lipinski definition) is 1. The standard InChI is InChI=1S/C24H31N3O5/c1-3-30-24(28)21-17(2)32-23(26)19(16-25)22(21)18-8-4-5-9-20(18)31-13-7-6-10-27-11-14-29-15-12-27/h4-5,8-9,22H,3,6-7,10-15,26H2,1-2H3. The van der Waals surface area contributed by atoms with Gasteiger partial charge in [0.1, 0.15) is 23.2 Å². The second-order valence-corrected chi connectivity index (χ2v) is 7.66. The number of rotatable bonds is 9. The van der Waals surface area contributed by atoms with E-state index in [4.69, 9.17) is 24.7 Å². The summed E-state index contributed by atoms with van der Waals surface area (Å²) in [7, 11) is 0. The first-order chi connectivity index (χ1) is 15.6. The molecule has 0 spiro atoms. The maximum Gasteiger partial charge on any atom is 0.338 e. The number of benzene rings is 1. The van der Waals surface area contributed by atoms with Crippen molar-refractivity contribution < 1.29 is 23.7 Å². The van der Waals surface area contributed by atoms with E-state index < -0.39 is 11.9 Å². The molecule has 0 aliphatic carbocycles. The van der Waals surface area contributed by atoms with Crippen LogP contribution in [-0.2, 0) is 19.0 Å². The van der Waals surface area contributed by atoms with Crippen molar-refractivity contribution in [1.82, 2.24) is 4.90 Å². The van der Waals surface area contributed by atoms with Gasteiger partial charge in [0.05, 0.1) is 37.9 Å². The smallest absolute Gasteiger partial charge is 0.338 e. The van der Waals surface area contributed by atoms with Gasteiger partial charge in [-0.3, -0.25) is 4.90 Å². The van der Waals surface area contributed by atoms with Gasteiger partial charge in [0.25, 0.3) is 0 Å². The third kappa shape index (κ3) is 5.61. The van der Waals surface area contributed by atoms with Crippen LogP contribution in [0.25, 0.3) is 0 Å². The van der Waals surface area contributed by atoms with Crippen LogP contribution < -0.4 is 10.5 Å². The number of carbonyl (C=O) groups is 1. The number of ether oxygens (including phenoxy) is 4. The molecule has 2 aliphatic heterocycles. The molecule has 3 rings (SSSR count).